The SMILES string of the molecule is CN1C(=O)CC(C=O)NC1=O. The molecule has 1 fully saturated rings. The minimum absolute atomic E-state index is 0.0612. The Morgan fingerprint density at radius 3 is 2.73 bits per heavy atom. The molecule has 0 radical (unpaired) electrons. The van der Waals surface area contributed by atoms with Crippen molar-refractivity contribution in [1.29, 1.82) is 0 Å². The summed E-state index contributed by atoms with van der Waals surface area (Å²) in [5.41, 5.74) is 0. The van der Waals surface area contributed by atoms with Gasteiger partial charge in [0.25, 0.3) is 0 Å². The Morgan fingerprint density at radius 2 is 2.27 bits per heavy atom. The van der Waals surface area contributed by atoms with Gasteiger partial charge in [-0.05, 0) is 0 Å². The molecule has 5 heteroatoms. The molecule has 60 valence electrons. The van der Waals surface area contributed by atoms with Crippen LogP contribution in [0.5, 0.6) is 0 Å². The maximum absolute atomic E-state index is 10.9. The van der Waals surface area contributed by atoms with Crippen LogP contribution < -0.4 is 5.32 Å². The van der Waals surface area contributed by atoms with Crippen molar-refractivity contribution in [2.45, 2.75) is 12.5 Å². The molecule has 0 spiro atoms. The lowest BCUT2D eigenvalue weighted by Crippen LogP contribution is -2.53. The molecule has 1 N–H and O–H groups in total. The largest absolute Gasteiger partial charge is 0.328 e. The highest BCUT2D eigenvalue weighted by Crippen LogP contribution is 2.02. The first kappa shape index (κ1) is 7.71. The average molecular weight is 156 g/mol. The Hall–Kier alpha value is -1.39. The number of urea groups is 1. The number of nitrogens with one attached hydrogen (secondary N) is 1. The van der Waals surface area contributed by atoms with Gasteiger partial charge in [-0.1, -0.05) is 0 Å². The minimum atomic E-state index is -0.647. The Kier molecular flexibility index (Phi) is 1.89. The second-order valence-corrected chi connectivity index (χ2v) is 2.35. The van der Waals surface area contributed by atoms with Crippen LogP contribution in [-0.2, 0) is 9.59 Å². The van der Waals surface area contributed by atoms with Crippen molar-refractivity contribution >= 4 is 18.2 Å². The predicted octanol–water partition coefficient (Wildman–Crippen LogP) is -0.874. The summed E-state index contributed by atoms with van der Waals surface area (Å²) in [6.45, 7) is 0. The van der Waals surface area contributed by atoms with E-state index in [9.17, 15) is 14.4 Å². The van der Waals surface area contributed by atoms with Gasteiger partial charge in [0.05, 0.1) is 12.5 Å². The van der Waals surface area contributed by atoms with Crippen molar-refractivity contribution < 1.29 is 14.4 Å². The lowest BCUT2D eigenvalue weighted by molar-refractivity contribution is -0.130. The molecule has 11 heavy (non-hydrogen) atoms. The van der Waals surface area contributed by atoms with Gasteiger partial charge in [0.1, 0.15) is 6.29 Å². The zero-order valence-electron chi connectivity index (χ0n) is 6.03. The molecule has 0 aromatic rings. The van der Waals surface area contributed by atoms with Crippen LogP contribution in [-0.4, -0.2) is 36.2 Å². The van der Waals surface area contributed by atoms with Crippen LogP contribution in [0.4, 0.5) is 4.79 Å². The number of imide groups is 1. The smallest absolute Gasteiger partial charge is 0.324 e. The summed E-state index contributed by atoms with van der Waals surface area (Å²) >= 11 is 0. The number of hydrogen-bond acceptors (Lipinski definition) is 3. The van der Waals surface area contributed by atoms with Gasteiger partial charge in [0.2, 0.25) is 5.91 Å². The van der Waals surface area contributed by atoms with Crippen LogP contribution >= 0.6 is 0 Å². The zero-order valence-corrected chi connectivity index (χ0v) is 6.03. The first-order valence-electron chi connectivity index (χ1n) is 3.17. The topological polar surface area (TPSA) is 66.5 Å². The number of hydrogen-bond donors (Lipinski definition) is 1. The van der Waals surface area contributed by atoms with Gasteiger partial charge in [-0.25, -0.2) is 4.79 Å². The van der Waals surface area contributed by atoms with Crippen molar-refractivity contribution in [3.05, 3.63) is 0 Å². The van der Waals surface area contributed by atoms with E-state index in [0.717, 1.165) is 4.90 Å². The highest BCUT2D eigenvalue weighted by Gasteiger charge is 2.28. The monoisotopic (exact) mass is 156 g/mol. The van der Waals surface area contributed by atoms with E-state index in [2.05, 4.69) is 5.32 Å². The molecule has 1 unspecified atom stereocenters. The van der Waals surface area contributed by atoms with Gasteiger partial charge in [-0.15, -0.1) is 0 Å². The van der Waals surface area contributed by atoms with Gasteiger partial charge in [-0.2, -0.15) is 0 Å². The molecule has 1 heterocycles. The van der Waals surface area contributed by atoms with Gasteiger partial charge in [0, 0.05) is 7.05 Å². The quantitative estimate of drug-likeness (QED) is 0.501. The summed E-state index contributed by atoms with van der Waals surface area (Å²) in [7, 11) is 1.37. The van der Waals surface area contributed by atoms with Crippen LogP contribution in [0.1, 0.15) is 6.42 Å². The Balaban J connectivity index is 2.69. The van der Waals surface area contributed by atoms with Gasteiger partial charge < -0.3 is 10.1 Å². The molecule has 1 saturated heterocycles. The highest BCUT2D eigenvalue weighted by molar-refractivity contribution is 5.99. The summed E-state index contributed by atoms with van der Waals surface area (Å²) in [5.74, 6) is -0.328. The molecule has 0 aromatic carbocycles. The van der Waals surface area contributed by atoms with E-state index in [-0.39, 0.29) is 12.3 Å². The molecule has 3 amide bonds. The third-order valence-corrected chi connectivity index (χ3v) is 1.55. The molecule has 1 rings (SSSR count). The average Bonchev–Trinajstić information content (AvgIpc) is 1.99. The molecular weight excluding hydrogens is 148 g/mol. The third-order valence-electron chi connectivity index (χ3n) is 1.55. The second-order valence-electron chi connectivity index (χ2n) is 2.35. The Morgan fingerprint density at radius 1 is 1.64 bits per heavy atom. The molecule has 1 atom stereocenters. The number of amides is 3. The molecule has 0 aromatic heterocycles. The first-order chi connectivity index (χ1) is 5.15. The zero-order chi connectivity index (χ0) is 8.43. The molecule has 1 aliphatic rings. The van der Waals surface area contributed by atoms with Crippen LogP contribution in [0.25, 0.3) is 0 Å². The second kappa shape index (κ2) is 2.69. The standard InChI is InChI=1S/C6H8N2O3/c1-8-5(10)2-4(3-9)7-6(8)11/h3-4H,2H2,1H3,(H,7,11). The minimum Gasteiger partial charge on any atom is -0.328 e. The molecule has 0 saturated carbocycles. The highest BCUT2D eigenvalue weighted by atomic mass is 16.2. The van der Waals surface area contributed by atoms with Crippen LogP contribution in [0.15, 0.2) is 0 Å². The van der Waals surface area contributed by atoms with E-state index < -0.39 is 12.1 Å². The summed E-state index contributed by atoms with van der Waals surface area (Å²) in [4.78, 5) is 32.8. The van der Waals surface area contributed by atoms with Gasteiger partial charge in [0.15, 0.2) is 0 Å². The Bertz CT molecular complexity index is 196. The maximum atomic E-state index is 10.9. The summed E-state index contributed by atoms with van der Waals surface area (Å²) in [6.07, 6.45) is 0.620. The van der Waals surface area contributed by atoms with Crippen molar-refractivity contribution in [1.82, 2.24) is 10.2 Å². The van der Waals surface area contributed by atoms with Crippen molar-refractivity contribution in [2.75, 3.05) is 7.05 Å². The van der Waals surface area contributed by atoms with Gasteiger partial charge >= 0.3 is 6.03 Å². The summed E-state index contributed by atoms with van der Waals surface area (Å²) < 4.78 is 0. The van der Waals surface area contributed by atoms with E-state index in [1.54, 1.807) is 0 Å². The summed E-state index contributed by atoms with van der Waals surface area (Å²) in [5, 5.41) is 2.34. The van der Waals surface area contributed by atoms with E-state index in [1.165, 1.54) is 7.05 Å². The number of carbonyl (C=O) groups excluding carboxylic acids is 3. The molecular formula is C6H8N2O3. The maximum Gasteiger partial charge on any atom is 0.324 e. The van der Waals surface area contributed by atoms with Crippen LogP contribution in [0.3, 0.4) is 0 Å². The van der Waals surface area contributed by atoms with Crippen LogP contribution in [0, 0.1) is 0 Å². The van der Waals surface area contributed by atoms with E-state index in [1.807, 2.05) is 0 Å². The van der Waals surface area contributed by atoms with Crippen molar-refractivity contribution in [3.63, 3.8) is 0 Å². The van der Waals surface area contributed by atoms with E-state index in [0.29, 0.717) is 6.29 Å². The lowest BCUT2D eigenvalue weighted by atomic mass is 10.2. The fourth-order valence-corrected chi connectivity index (χ4v) is 0.827. The Labute approximate surface area is 63.4 Å². The predicted molar refractivity (Wildman–Crippen MR) is 35.8 cm³/mol. The number of nitrogens with zero attached hydrogens (tertiary/aromatic N) is 1. The first-order valence-corrected chi connectivity index (χ1v) is 3.17. The van der Waals surface area contributed by atoms with Gasteiger partial charge in [-0.3, -0.25) is 9.69 Å². The molecule has 5 nitrogen and oxygen atoms in total. The number of rotatable bonds is 1. The number of carbonyl (C=O) groups is 3. The molecule has 0 aliphatic carbocycles. The third kappa shape index (κ3) is 1.36. The van der Waals surface area contributed by atoms with E-state index in [4.69, 9.17) is 0 Å². The van der Waals surface area contributed by atoms with Crippen LogP contribution in [0.2, 0.25) is 0 Å². The van der Waals surface area contributed by atoms with E-state index >= 15 is 0 Å². The summed E-state index contributed by atoms with van der Waals surface area (Å²) in [6, 6.07) is -1.16. The lowest BCUT2D eigenvalue weighted by Gasteiger charge is -2.25. The fourth-order valence-electron chi connectivity index (χ4n) is 0.827. The number of aldehydes is 1. The molecule has 1 aliphatic heterocycles. The fraction of sp³-hybridized carbons (Fsp3) is 0.500. The normalized spacial score (nSPS) is 24.8. The van der Waals surface area contributed by atoms with Crippen molar-refractivity contribution in [3.8, 4) is 0 Å². The van der Waals surface area contributed by atoms with Crippen molar-refractivity contribution in [2.24, 2.45) is 0 Å². The molecule has 0 bridgehead atoms.